The van der Waals surface area contributed by atoms with Gasteiger partial charge >= 0.3 is 12.1 Å². The molecule has 1 aromatic carbocycles. The third-order valence-electron chi connectivity index (χ3n) is 7.17. The van der Waals surface area contributed by atoms with E-state index in [1.807, 2.05) is 0 Å². The maximum absolute atomic E-state index is 14.5. The molecule has 206 valence electrons. The number of rotatable bonds is 5. The SMILES string of the molecule is CCn1ncc(C(=O)c2cc(C)c3c(c2C(F)(F)F)C(=O)C(C)(C)CS3(=O)=O)c1OC(=O)C1CCCCC1. The number of fused-ring (bicyclic) bond motifs is 1. The van der Waals surface area contributed by atoms with Crippen LogP contribution in [0.25, 0.3) is 0 Å². The maximum atomic E-state index is 14.5. The van der Waals surface area contributed by atoms with Crippen LogP contribution in [-0.4, -0.2) is 41.5 Å². The highest BCUT2D eigenvalue weighted by atomic mass is 32.2. The van der Waals surface area contributed by atoms with Crippen molar-refractivity contribution >= 4 is 27.4 Å². The van der Waals surface area contributed by atoms with Gasteiger partial charge in [-0.25, -0.2) is 13.1 Å². The Bertz CT molecular complexity index is 1430. The van der Waals surface area contributed by atoms with Gasteiger partial charge in [0.05, 0.1) is 33.9 Å². The van der Waals surface area contributed by atoms with Crippen LogP contribution in [0, 0.1) is 18.3 Å². The first-order valence-corrected chi connectivity index (χ1v) is 14.1. The molecule has 0 saturated heterocycles. The number of hydrogen-bond donors (Lipinski definition) is 0. The summed E-state index contributed by atoms with van der Waals surface area (Å²) in [6, 6.07) is 0.836. The third-order valence-corrected chi connectivity index (χ3v) is 9.42. The van der Waals surface area contributed by atoms with Crippen molar-refractivity contribution in [3.05, 3.63) is 40.1 Å². The number of ketones is 2. The molecule has 0 amide bonds. The Hall–Kier alpha value is -3.02. The highest BCUT2D eigenvalue weighted by Crippen LogP contribution is 2.46. The standard InChI is InChI=1S/C26H29F3N2O6S/c1-5-31-23(37-24(34)15-9-7-6-8-10-15)17(12-30-31)20(32)16-11-14(2)21-18(19(16)26(27,28)29)22(33)25(3,4)13-38(21,35)36/h11-12,15H,5-10,13H2,1-4H3. The Morgan fingerprint density at radius 2 is 1.79 bits per heavy atom. The lowest BCUT2D eigenvalue weighted by molar-refractivity contribution is -0.140. The van der Waals surface area contributed by atoms with E-state index >= 15 is 0 Å². The quantitative estimate of drug-likeness (QED) is 0.380. The number of aryl methyl sites for hydroxylation is 2. The first kappa shape index (κ1) is 28.0. The van der Waals surface area contributed by atoms with E-state index in [1.165, 1.54) is 25.5 Å². The second-order valence-corrected chi connectivity index (χ2v) is 12.5. The highest BCUT2D eigenvalue weighted by molar-refractivity contribution is 7.91. The van der Waals surface area contributed by atoms with E-state index in [0.29, 0.717) is 12.8 Å². The van der Waals surface area contributed by atoms with Crippen molar-refractivity contribution in [2.24, 2.45) is 11.3 Å². The molecule has 2 aliphatic rings. The molecule has 1 aliphatic heterocycles. The van der Waals surface area contributed by atoms with Crippen molar-refractivity contribution < 1.29 is 40.7 Å². The van der Waals surface area contributed by atoms with E-state index in [4.69, 9.17) is 4.74 Å². The number of halogens is 3. The molecule has 8 nitrogen and oxygen atoms in total. The molecule has 0 atom stereocenters. The average Bonchev–Trinajstić information content (AvgIpc) is 3.22. The van der Waals surface area contributed by atoms with Crippen LogP contribution in [0.15, 0.2) is 17.2 Å². The number of esters is 1. The van der Waals surface area contributed by atoms with E-state index in [-0.39, 0.29) is 23.6 Å². The summed E-state index contributed by atoms with van der Waals surface area (Å²) in [6.07, 6.45) is -0.324. The number of hydrogen-bond acceptors (Lipinski definition) is 7. The van der Waals surface area contributed by atoms with Gasteiger partial charge < -0.3 is 4.74 Å². The summed E-state index contributed by atoms with van der Waals surface area (Å²) in [5.41, 5.74) is -5.71. The van der Waals surface area contributed by atoms with Gasteiger partial charge in [-0.1, -0.05) is 33.1 Å². The van der Waals surface area contributed by atoms with Gasteiger partial charge in [0, 0.05) is 17.5 Å². The van der Waals surface area contributed by atoms with Crippen molar-refractivity contribution in [3.8, 4) is 5.88 Å². The van der Waals surface area contributed by atoms with Crippen LogP contribution in [0.5, 0.6) is 5.88 Å². The second-order valence-electron chi connectivity index (χ2n) is 10.6. The minimum absolute atomic E-state index is 0.149. The van der Waals surface area contributed by atoms with Crippen LogP contribution in [0.4, 0.5) is 13.2 Å². The molecule has 38 heavy (non-hydrogen) atoms. The first-order valence-electron chi connectivity index (χ1n) is 12.4. The molecule has 2 heterocycles. The zero-order valence-corrected chi connectivity index (χ0v) is 22.4. The molecule has 4 rings (SSSR count). The lowest BCUT2D eigenvalue weighted by Gasteiger charge is -2.32. The first-order chi connectivity index (χ1) is 17.6. The number of carbonyl (C=O) groups excluding carboxylic acids is 3. The summed E-state index contributed by atoms with van der Waals surface area (Å²) in [6.45, 7) is 5.59. The number of carbonyl (C=O) groups is 3. The lowest BCUT2D eigenvalue weighted by atomic mass is 9.81. The molecule has 0 N–H and O–H groups in total. The van der Waals surface area contributed by atoms with Crippen LogP contribution >= 0.6 is 0 Å². The number of benzene rings is 1. The number of Topliss-reactive ketones (excluding diaryl/α,β-unsaturated/α-hetero) is 1. The largest absolute Gasteiger partial charge is 0.417 e. The predicted molar refractivity (Wildman–Crippen MR) is 130 cm³/mol. The predicted octanol–water partition coefficient (Wildman–Crippen LogP) is 4.94. The fraction of sp³-hybridized carbons (Fsp3) is 0.538. The van der Waals surface area contributed by atoms with Gasteiger partial charge in [0.25, 0.3) is 0 Å². The molecular formula is C26H29F3N2O6S. The molecule has 1 saturated carbocycles. The molecule has 1 aliphatic carbocycles. The number of nitrogens with zero attached hydrogens (tertiary/aromatic N) is 2. The van der Waals surface area contributed by atoms with E-state index in [0.717, 1.165) is 31.5 Å². The van der Waals surface area contributed by atoms with Crippen LogP contribution in [0.1, 0.15) is 90.3 Å². The summed E-state index contributed by atoms with van der Waals surface area (Å²) >= 11 is 0. The van der Waals surface area contributed by atoms with Crippen molar-refractivity contribution in [1.29, 1.82) is 0 Å². The minimum atomic E-state index is -5.24. The van der Waals surface area contributed by atoms with E-state index in [1.54, 1.807) is 6.92 Å². The number of sulfone groups is 1. The summed E-state index contributed by atoms with van der Waals surface area (Å²) in [4.78, 5) is 39.0. The smallest absolute Gasteiger partial charge is 0.407 e. The van der Waals surface area contributed by atoms with Crippen molar-refractivity contribution in [1.82, 2.24) is 9.78 Å². The van der Waals surface area contributed by atoms with Gasteiger partial charge in [-0.15, -0.1) is 0 Å². The molecule has 0 spiro atoms. The normalized spacial score (nSPS) is 19.2. The average molecular weight is 555 g/mol. The summed E-state index contributed by atoms with van der Waals surface area (Å²) < 4.78 is 76.3. The molecule has 1 aromatic heterocycles. The molecule has 1 fully saturated rings. The number of alkyl halides is 3. The fourth-order valence-corrected chi connectivity index (χ4v) is 7.65. The second kappa shape index (κ2) is 9.62. The third kappa shape index (κ3) is 4.78. The van der Waals surface area contributed by atoms with Gasteiger partial charge in [-0.2, -0.15) is 18.3 Å². The van der Waals surface area contributed by atoms with E-state index in [2.05, 4.69) is 5.10 Å². The van der Waals surface area contributed by atoms with Gasteiger partial charge in [0.15, 0.2) is 15.6 Å². The maximum Gasteiger partial charge on any atom is 0.417 e. The summed E-state index contributed by atoms with van der Waals surface area (Å²) in [5, 5.41) is 4.02. The van der Waals surface area contributed by atoms with Crippen molar-refractivity contribution in [2.75, 3.05) is 5.75 Å². The van der Waals surface area contributed by atoms with Crippen molar-refractivity contribution in [3.63, 3.8) is 0 Å². The van der Waals surface area contributed by atoms with Crippen LogP contribution in [0.2, 0.25) is 0 Å². The Morgan fingerprint density at radius 1 is 1.16 bits per heavy atom. The molecule has 0 bridgehead atoms. The van der Waals surface area contributed by atoms with Crippen LogP contribution in [-0.2, 0) is 27.4 Å². The summed E-state index contributed by atoms with van der Waals surface area (Å²) in [7, 11) is -4.26. The van der Waals surface area contributed by atoms with Crippen LogP contribution in [0.3, 0.4) is 0 Å². The molecule has 0 unspecified atom stereocenters. The molecule has 12 heteroatoms. The Balaban J connectivity index is 1.91. The van der Waals surface area contributed by atoms with E-state index in [9.17, 15) is 36.0 Å². The van der Waals surface area contributed by atoms with Gasteiger partial charge in [0.2, 0.25) is 11.7 Å². The van der Waals surface area contributed by atoms with E-state index < -0.39 is 72.2 Å². The number of ether oxygens (including phenoxy) is 1. The molecule has 2 aromatic rings. The monoisotopic (exact) mass is 554 g/mol. The zero-order chi connectivity index (χ0) is 28.2. The van der Waals surface area contributed by atoms with Gasteiger partial charge in [0.1, 0.15) is 5.56 Å². The topological polar surface area (TPSA) is 112 Å². The molecular weight excluding hydrogens is 525 g/mol. The van der Waals surface area contributed by atoms with Gasteiger partial charge in [-0.3, -0.25) is 14.4 Å². The highest BCUT2D eigenvalue weighted by Gasteiger charge is 2.50. The van der Waals surface area contributed by atoms with Gasteiger partial charge in [-0.05, 0) is 38.3 Å². The van der Waals surface area contributed by atoms with Crippen LogP contribution < -0.4 is 4.74 Å². The fourth-order valence-electron chi connectivity index (χ4n) is 5.37. The Kier molecular flexibility index (Phi) is 7.09. The lowest BCUT2D eigenvalue weighted by Crippen LogP contribution is -2.41. The molecule has 0 radical (unpaired) electrons. The minimum Gasteiger partial charge on any atom is -0.407 e. The van der Waals surface area contributed by atoms with Crippen molar-refractivity contribution in [2.45, 2.75) is 77.4 Å². The number of aromatic nitrogens is 2. The Morgan fingerprint density at radius 3 is 2.37 bits per heavy atom. The summed E-state index contributed by atoms with van der Waals surface area (Å²) in [5.74, 6) is -4.11. The zero-order valence-electron chi connectivity index (χ0n) is 21.6. The Labute approximate surface area is 218 Å².